The lowest BCUT2D eigenvalue weighted by atomic mass is 10.0. The molecule has 0 aliphatic rings. The Labute approximate surface area is 152 Å². The highest BCUT2D eigenvalue weighted by atomic mass is 16.5. The molecule has 1 N–H and O–H groups in total. The molecule has 8 nitrogen and oxygen atoms in total. The van der Waals surface area contributed by atoms with Gasteiger partial charge in [-0.05, 0) is 42.8 Å². The number of carbonyl (C=O) groups is 2. The van der Waals surface area contributed by atoms with Crippen molar-refractivity contribution in [2.45, 2.75) is 52.4 Å². The van der Waals surface area contributed by atoms with Gasteiger partial charge in [-0.3, -0.25) is 4.79 Å². The molecule has 0 aromatic heterocycles. The van der Waals surface area contributed by atoms with Gasteiger partial charge in [0.1, 0.15) is 17.3 Å². The van der Waals surface area contributed by atoms with Crippen LogP contribution in [0.15, 0.2) is 17.2 Å². The summed E-state index contributed by atoms with van der Waals surface area (Å²) in [6.45, 7) is 6.09. The van der Waals surface area contributed by atoms with Crippen molar-refractivity contribution in [3.8, 4) is 11.5 Å². The van der Waals surface area contributed by atoms with Gasteiger partial charge in [0, 0.05) is 23.8 Å². The number of hydrogen-bond acceptors (Lipinski definition) is 5. The second kappa shape index (κ2) is 11.0. The number of benzene rings is 1. The number of azide groups is 1. The van der Waals surface area contributed by atoms with Crippen molar-refractivity contribution < 1.29 is 24.2 Å². The monoisotopic (exact) mass is 363 g/mol. The van der Waals surface area contributed by atoms with Crippen molar-refractivity contribution in [3.63, 3.8) is 0 Å². The van der Waals surface area contributed by atoms with E-state index in [1.165, 1.54) is 6.92 Å². The fraction of sp³-hybridized carbons (Fsp3) is 0.556. The van der Waals surface area contributed by atoms with Crippen LogP contribution < -0.4 is 9.47 Å². The van der Waals surface area contributed by atoms with Crippen LogP contribution in [-0.2, 0) is 9.59 Å². The lowest BCUT2D eigenvalue weighted by molar-refractivity contribution is -0.137. The maximum atomic E-state index is 11.0. The molecule has 0 unspecified atom stereocenters. The maximum absolute atomic E-state index is 11.0. The minimum Gasteiger partial charge on any atom is -0.493 e. The summed E-state index contributed by atoms with van der Waals surface area (Å²) in [6.07, 6.45) is 1.40. The number of nitrogens with zero attached hydrogens (tertiary/aromatic N) is 3. The van der Waals surface area contributed by atoms with Gasteiger partial charge in [-0.15, -0.1) is 0 Å². The van der Waals surface area contributed by atoms with Crippen molar-refractivity contribution in [2.75, 3.05) is 13.2 Å². The number of carbonyl (C=O) groups excluding carboxylic acids is 1. The van der Waals surface area contributed by atoms with Gasteiger partial charge < -0.3 is 19.4 Å². The topological polar surface area (TPSA) is 122 Å². The van der Waals surface area contributed by atoms with E-state index in [4.69, 9.17) is 20.1 Å². The zero-order chi connectivity index (χ0) is 19.5. The molecule has 0 amide bonds. The van der Waals surface area contributed by atoms with E-state index in [0.717, 1.165) is 5.56 Å². The molecule has 0 bridgehead atoms. The molecular formula is C18H25N3O5. The fourth-order valence-corrected chi connectivity index (χ4v) is 2.29. The highest BCUT2D eigenvalue weighted by Crippen LogP contribution is 2.38. The summed E-state index contributed by atoms with van der Waals surface area (Å²) in [5.74, 6) is 0.298. The van der Waals surface area contributed by atoms with Gasteiger partial charge >= 0.3 is 5.97 Å². The van der Waals surface area contributed by atoms with Crippen molar-refractivity contribution in [1.82, 2.24) is 0 Å². The van der Waals surface area contributed by atoms with Gasteiger partial charge in [-0.1, -0.05) is 19.0 Å². The molecule has 0 aliphatic heterocycles. The summed E-state index contributed by atoms with van der Waals surface area (Å²) in [5.41, 5.74) is 9.98. The summed E-state index contributed by atoms with van der Waals surface area (Å²) < 4.78 is 11.4. The first-order valence-electron chi connectivity index (χ1n) is 8.55. The molecule has 0 spiro atoms. The normalized spacial score (nSPS) is 10.3. The van der Waals surface area contributed by atoms with E-state index in [1.54, 1.807) is 12.1 Å². The Kier molecular flexibility index (Phi) is 9.01. The zero-order valence-electron chi connectivity index (χ0n) is 15.4. The molecule has 0 saturated heterocycles. The summed E-state index contributed by atoms with van der Waals surface area (Å²) in [5, 5.41) is 12.3. The van der Waals surface area contributed by atoms with Gasteiger partial charge in [0.25, 0.3) is 0 Å². The van der Waals surface area contributed by atoms with Gasteiger partial charge in [0.05, 0.1) is 18.9 Å². The number of Topliss-reactive ketones (excluding diaryl/α,β-unsaturated/α-hetero) is 1. The number of ether oxygens (including phenoxy) is 2. The number of hydrogen-bond donors (Lipinski definition) is 1. The summed E-state index contributed by atoms with van der Waals surface area (Å²) >= 11 is 0. The highest BCUT2D eigenvalue weighted by Gasteiger charge is 2.14. The average Bonchev–Trinajstić information content (AvgIpc) is 2.56. The van der Waals surface area contributed by atoms with Gasteiger partial charge in [-0.25, -0.2) is 0 Å². The predicted molar refractivity (Wildman–Crippen MR) is 97.1 cm³/mol. The summed E-state index contributed by atoms with van der Waals surface area (Å²) in [4.78, 5) is 24.4. The van der Waals surface area contributed by atoms with Crippen LogP contribution in [0.2, 0.25) is 0 Å². The number of carboxylic acid groups (broad SMARTS) is 1. The fourth-order valence-electron chi connectivity index (χ4n) is 2.29. The Hall–Kier alpha value is -2.73. The van der Waals surface area contributed by atoms with Crippen LogP contribution in [0.1, 0.15) is 57.9 Å². The minimum absolute atomic E-state index is 0.00463. The van der Waals surface area contributed by atoms with E-state index in [1.807, 2.05) is 13.8 Å². The minimum atomic E-state index is -0.895. The van der Waals surface area contributed by atoms with Gasteiger partial charge in [-0.2, -0.15) is 0 Å². The molecule has 0 aliphatic carbocycles. The largest absolute Gasteiger partial charge is 0.493 e. The number of aliphatic carboxylic acids is 1. The Bertz CT molecular complexity index is 682. The SMILES string of the molecule is CC(=O)CCCOc1cc(OCCCC(=O)O)c(N=[N+]=[N-])cc1C(C)C. The van der Waals surface area contributed by atoms with Crippen LogP contribution in [0.25, 0.3) is 10.4 Å². The number of rotatable bonds is 12. The van der Waals surface area contributed by atoms with Crippen molar-refractivity contribution >= 4 is 17.4 Å². The van der Waals surface area contributed by atoms with Crippen LogP contribution in [0.5, 0.6) is 11.5 Å². The van der Waals surface area contributed by atoms with Crippen LogP contribution in [0.3, 0.4) is 0 Å². The molecule has 0 fully saturated rings. The van der Waals surface area contributed by atoms with E-state index < -0.39 is 5.97 Å². The van der Waals surface area contributed by atoms with E-state index in [0.29, 0.717) is 43.1 Å². The molecule has 0 atom stereocenters. The first-order valence-corrected chi connectivity index (χ1v) is 8.55. The van der Waals surface area contributed by atoms with E-state index in [2.05, 4.69) is 10.0 Å². The Morgan fingerprint density at radius 1 is 1.15 bits per heavy atom. The second-order valence-electron chi connectivity index (χ2n) is 6.20. The van der Waals surface area contributed by atoms with E-state index in [9.17, 15) is 9.59 Å². The molecule has 0 heterocycles. The standard InChI is InChI=1S/C18H25N3O5/c1-12(2)14-10-15(20-21-19)17(26-9-5-7-18(23)24)11-16(14)25-8-4-6-13(3)22/h10-12H,4-9H2,1-3H3,(H,23,24). The molecule has 26 heavy (non-hydrogen) atoms. The molecule has 1 aromatic carbocycles. The third-order valence-electron chi connectivity index (χ3n) is 3.59. The predicted octanol–water partition coefficient (Wildman–Crippen LogP) is 4.74. The smallest absolute Gasteiger partial charge is 0.303 e. The molecule has 0 saturated carbocycles. The molecule has 142 valence electrons. The summed E-state index contributed by atoms with van der Waals surface area (Å²) in [7, 11) is 0. The van der Waals surface area contributed by atoms with E-state index >= 15 is 0 Å². The highest BCUT2D eigenvalue weighted by molar-refractivity contribution is 5.75. The van der Waals surface area contributed by atoms with Crippen LogP contribution >= 0.6 is 0 Å². The van der Waals surface area contributed by atoms with Crippen LogP contribution in [0.4, 0.5) is 5.69 Å². The number of ketones is 1. The molecule has 8 heteroatoms. The maximum Gasteiger partial charge on any atom is 0.303 e. The Morgan fingerprint density at radius 2 is 1.77 bits per heavy atom. The number of carboxylic acids is 1. The lowest BCUT2D eigenvalue weighted by Gasteiger charge is -2.18. The average molecular weight is 363 g/mol. The molecule has 0 radical (unpaired) electrons. The van der Waals surface area contributed by atoms with Crippen molar-refractivity contribution in [3.05, 3.63) is 28.1 Å². The summed E-state index contributed by atoms with van der Waals surface area (Å²) in [6, 6.07) is 3.38. The first kappa shape index (κ1) is 21.3. The van der Waals surface area contributed by atoms with E-state index in [-0.39, 0.29) is 24.7 Å². The molecular weight excluding hydrogens is 338 g/mol. The Morgan fingerprint density at radius 3 is 2.31 bits per heavy atom. The van der Waals surface area contributed by atoms with Gasteiger partial charge in [0.15, 0.2) is 0 Å². The quantitative estimate of drug-likeness (QED) is 0.249. The lowest BCUT2D eigenvalue weighted by Crippen LogP contribution is -2.05. The van der Waals surface area contributed by atoms with Crippen molar-refractivity contribution in [1.29, 1.82) is 0 Å². The van der Waals surface area contributed by atoms with Crippen LogP contribution in [0, 0.1) is 0 Å². The third-order valence-corrected chi connectivity index (χ3v) is 3.59. The molecule has 1 rings (SSSR count). The van der Waals surface area contributed by atoms with Gasteiger partial charge in [0.2, 0.25) is 0 Å². The van der Waals surface area contributed by atoms with Crippen LogP contribution in [-0.4, -0.2) is 30.1 Å². The second-order valence-corrected chi connectivity index (χ2v) is 6.20. The van der Waals surface area contributed by atoms with Crippen molar-refractivity contribution in [2.24, 2.45) is 5.11 Å². The third kappa shape index (κ3) is 7.44. The Balaban J connectivity index is 2.97. The first-order chi connectivity index (χ1) is 12.3. The zero-order valence-corrected chi connectivity index (χ0v) is 15.4. The molecule has 1 aromatic rings.